The summed E-state index contributed by atoms with van der Waals surface area (Å²) in [6.45, 7) is 10.2. The molecule has 1 aromatic rings. The standard InChI is InChI=1S/C12H20BrN3O/c1-7-9(13)10(16(6)15-7)11(17)14-8(2)12(3,4)5/h8H,1-6H3,(H,14,17)/t8-/m0/s1. The number of rotatable bonds is 2. The lowest BCUT2D eigenvalue weighted by atomic mass is 9.88. The lowest BCUT2D eigenvalue weighted by molar-refractivity contribution is 0.0899. The molecule has 0 aliphatic rings. The van der Waals surface area contributed by atoms with Gasteiger partial charge in [0.1, 0.15) is 5.69 Å². The Kier molecular flexibility index (Phi) is 4.02. The van der Waals surface area contributed by atoms with Crippen LogP contribution in [0.4, 0.5) is 0 Å². The number of aryl methyl sites for hydroxylation is 2. The van der Waals surface area contributed by atoms with E-state index in [1.165, 1.54) is 0 Å². The molecule has 0 unspecified atom stereocenters. The van der Waals surface area contributed by atoms with Crippen LogP contribution in [-0.2, 0) is 7.05 Å². The van der Waals surface area contributed by atoms with Gasteiger partial charge in [-0.15, -0.1) is 0 Å². The van der Waals surface area contributed by atoms with Crippen molar-refractivity contribution in [2.45, 2.75) is 40.7 Å². The van der Waals surface area contributed by atoms with E-state index in [-0.39, 0.29) is 17.4 Å². The lowest BCUT2D eigenvalue weighted by Gasteiger charge is -2.28. The fourth-order valence-electron chi connectivity index (χ4n) is 1.36. The number of nitrogens with zero attached hydrogens (tertiary/aromatic N) is 2. The molecule has 0 fully saturated rings. The van der Waals surface area contributed by atoms with E-state index in [1.54, 1.807) is 11.7 Å². The summed E-state index contributed by atoms with van der Waals surface area (Å²) in [5.41, 5.74) is 1.43. The topological polar surface area (TPSA) is 46.9 Å². The van der Waals surface area contributed by atoms with Gasteiger partial charge in [-0.05, 0) is 35.2 Å². The van der Waals surface area contributed by atoms with Crippen molar-refractivity contribution in [3.63, 3.8) is 0 Å². The van der Waals surface area contributed by atoms with Gasteiger partial charge in [0.25, 0.3) is 5.91 Å². The Morgan fingerprint density at radius 2 is 2.00 bits per heavy atom. The summed E-state index contributed by atoms with van der Waals surface area (Å²) < 4.78 is 2.36. The molecule has 0 aromatic carbocycles. The summed E-state index contributed by atoms with van der Waals surface area (Å²) in [6, 6.07) is 0.0945. The number of carbonyl (C=O) groups excluding carboxylic acids is 1. The predicted octanol–water partition coefficient (Wildman–Crippen LogP) is 2.66. The molecule has 0 radical (unpaired) electrons. The van der Waals surface area contributed by atoms with Crippen LogP contribution in [-0.4, -0.2) is 21.7 Å². The molecule has 1 amide bonds. The minimum Gasteiger partial charge on any atom is -0.348 e. The number of nitrogens with one attached hydrogen (secondary N) is 1. The van der Waals surface area contributed by atoms with Gasteiger partial charge in [-0.25, -0.2) is 0 Å². The third-order valence-electron chi connectivity index (χ3n) is 3.01. The van der Waals surface area contributed by atoms with E-state index in [0.717, 1.165) is 10.2 Å². The van der Waals surface area contributed by atoms with E-state index in [9.17, 15) is 4.79 Å². The average Bonchev–Trinajstić information content (AvgIpc) is 2.39. The van der Waals surface area contributed by atoms with Crippen LogP contribution < -0.4 is 5.32 Å². The van der Waals surface area contributed by atoms with E-state index in [4.69, 9.17) is 0 Å². The summed E-state index contributed by atoms with van der Waals surface area (Å²) in [5, 5.41) is 7.21. The van der Waals surface area contributed by atoms with Crippen LogP contribution in [0.25, 0.3) is 0 Å². The molecule has 0 aliphatic heterocycles. The van der Waals surface area contributed by atoms with Gasteiger partial charge in [0.15, 0.2) is 0 Å². The number of amides is 1. The minimum absolute atomic E-state index is 0.0375. The van der Waals surface area contributed by atoms with E-state index < -0.39 is 0 Å². The normalized spacial score (nSPS) is 13.6. The summed E-state index contributed by atoms with van der Waals surface area (Å²) >= 11 is 3.40. The molecular weight excluding hydrogens is 282 g/mol. The molecule has 1 heterocycles. The molecule has 1 rings (SSSR count). The van der Waals surface area contributed by atoms with E-state index in [0.29, 0.717) is 5.69 Å². The summed E-state index contributed by atoms with van der Waals surface area (Å²) in [4.78, 5) is 12.2. The van der Waals surface area contributed by atoms with Crippen LogP contribution in [0.5, 0.6) is 0 Å². The fraction of sp³-hybridized carbons (Fsp3) is 0.667. The SMILES string of the molecule is Cc1nn(C)c(C(=O)N[C@@H](C)C(C)(C)C)c1Br. The maximum Gasteiger partial charge on any atom is 0.270 e. The van der Waals surface area contributed by atoms with Crippen molar-refractivity contribution < 1.29 is 4.79 Å². The highest BCUT2D eigenvalue weighted by molar-refractivity contribution is 9.10. The fourth-order valence-corrected chi connectivity index (χ4v) is 1.88. The maximum atomic E-state index is 12.2. The third kappa shape index (κ3) is 3.09. The van der Waals surface area contributed by atoms with Crippen molar-refractivity contribution >= 4 is 21.8 Å². The first-order valence-electron chi connectivity index (χ1n) is 5.64. The zero-order valence-corrected chi connectivity index (χ0v) is 12.8. The van der Waals surface area contributed by atoms with E-state index >= 15 is 0 Å². The smallest absolute Gasteiger partial charge is 0.270 e. The zero-order chi connectivity index (χ0) is 13.4. The summed E-state index contributed by atoms with van der Waals surface area (Å²) in [5.74, 6) is -0.0950. The number of halogens is 1. The van der Waals surface area contributed by atoms with Crippen molar-refractivity contribution in [2.24, 2.45) is 12.5 Å². The quantitative estimate of drug-likeness (QED) is 0.913. The maximum absolute atomic E-state index is 12.2. The van der Waals surface area contributed by atoms with Gasteiger partial charge in [0, 0.05) is 13.1 Å². The molecule has 0 aliphatic carbocycles. The van der Waals surface area contributed by atoms with Crippen molar-refractivity contribution in [3.8, 4) is 0 Å². The largest absolute Gasteiger partial charge is 0.348 e. The van der Waals surface area contributed by atoms with Crippen molar-refractivity contribution in [2.75, 3.05) is 0 Å². The molecule has 1 atom stereocenters. The molecule has 1 aromatic heterocycles. The molecule has 4 nitrogen and oxygen atoms in total. The predicted molar refractivity (Wildman–Crippen MR) is 72.0 cm³/mol. The van der Waals surface area contributed by atoms with Gasteiger partial charge in [0.05, 0.1) is 10.2 Å². The number of hydrogen-bond acceptors (Lipinski definition) is 2. The average molecular weight is 302 g/mol. The minimum atomic E-state index is -0.0950. The van der Waals surface area contributed by atoms with E-state index in [2.05, 4.69) is 47.1 Å². The van der Waals surface area contributed by atoms with Gasteiger partial charge in [-0.1, -0.05) is 20.8 Å². The van der Waals surface area contributed by atoms with Crippen molar-refractivity contribution in [3.05, 3.63) is 15.9 Å². The zero-order valence-electron chi connectivity index (χ0n) is 11.3. The van der Waals surface area contributed by atoms with Crippen LogP contribution >= 0.6 is 15.9 Å². The van der Waals surface area contributed by atoms with Crippen molar-refractivity contribution in [1.82, 2.24) is 15.1 Å². The first kappa shape index (κ1) is 14.2. The molecule has 0 spiro atoms. The van der Waals surface area contributed by atoms with Gasteiger partial charge < -0.3 is 5.32 Å². The highest BCUT2D eigenvalue weighted by atomic mass is 79.9. The van der Waals surface area contributed by atoms with Gasteiger partial charge in [0.2, 0.25) is 0 Å². The van der Waals surface area contributed by atoms with E-state index in [1.807, 2.05) is 13.8 Å². The van der Waals surface area contributed by atoms with Gasteiger partial charge >= 0.3 is 0 Å². The summed E-state index contributed by atoms with van der Waals surface area (Å²) in [7, 11) is 1.77. The van der Waals surface area contributed by atoms with Crippen LogP contribution in [0.15, 0.2) is 4.47 Å². The second-order valence-electron chi connectivity index (χ2n) is 5.43. The Balaban J connectivity index is 2.91. The van der Waals surface area contributed by atoms with Crippen LogP contribution in [0.2, 0.25) is 0 Å². The second-order valence-corrected chi connectivity index (χ2v) is 6.23. The molecule has 96 valence electrons. The Morgan fingerprint density at radius 3 is 2.35 bits per heavy atom. The molecule has 0 saturated carbocycles. The van der Waals surface area contributed by atoms with Crippen LogP contribution in [0, 0.1) is 12.3 Å². The van der Waals surface area contributed by atoms with Crippen LogP contribution in [0.3, 0.4) is 0 Å². The van der Waals surface area contributed by atoms with Crippen molar-refractivity contribution in [1.29, 1.82) is 0 Å². The Bertz CT molecular complexity index is 432. The monoisotopic (exact) mass is 301 g/mol. The number of hydrogen-bond donors (Lipinski definition) is 1. The molecule has 0 saturated heterocycles. The molecule has 17 heavy (non-hydrogen) atoms. The summed E-state index contributed by atoms with van der Waals surface area (Å²) in [6.07, 6.45) is 0. The lowest BCUT2D eigenvalue weighted by Crippen LogP contribution is -2.42. The number of carbonyl (C=O) groups is 1. The number of aromatic nitrogens is 2. The third-order valence-corrected chi connectivity index (χ3v) is 3.96. The first-order valence-corrected chi connectivity index (χ1v) is 6.44. The second kappa shape index (κ2) is 4.80. The Morgan fingerprint density at radius 1 is 1.47 bits per heavy atom. The molecular formula is C12H20BrN3O. The molecule has 5 heteroatoms. The highest BCUT2D eigenvalue weighted by Crippen LogP contribution is 2.22. The highest BCUT2D eigenvalue weighted by Gasteiger charge is 2.25. The van der Waals surface area contributed by atoms with Crippen LogP contribution in [0.1, 0.15) is 43.9 Å². The molecule has 1 N–H and O–H groups in total. The molecule has 0 bridgehead atoms. The van der Waals surface area contributed by atoms with Gasteiger partial charge in [-0.2, -0.15) is 5.10 Å². The Labute approximate surface area is 111 Å². The Hall–Kier alpha value is -0.840. The first-order chi connectivity index (χ1) is 7.64. The van der Waals surface area contributed by atoms with Gasteiger partial charge in [-0.3, -0.25) is 9.48 Å².